The molecule has 3 aromatic rings. The van der Waals surface area contributed by atoms with Crippen molar-refractivity contribution in [1.82, 2.24) is 0 Å². The Balaban J connectivity index is 1.81. The minimum absolute atomic E-state index is 0.0475. The van der Waals surface area contributed by atoms with Crippen LogP contribution in [0.15, 0.2) is 64.6 Å². The number of hydrogen-bond donors (Lipinski definition) is 1. The van der Waals surface area contributed by atoms with Crippen molar-refractivity contribution in [3.8, 4) is 17.9 Å². The highest BCUT2D eigenvalue weighted by Crippen LogP contribution is 2.33. The molecular weight excluding hydrogens is 617 g/mol. The van der Waals surface area contributed by atoms with Gasteiger partial charge in [-0.2, -0.15) is 10.5 Å². The van der Waals surface area contributed by atoms with Crippen molar-refractivity contribution >= 4 is 67.8 Å². The van der Waals surface area contributed by atoms with Gasteiger partial charge in [0.15, 0.2) is 0 Å². The van der Waals surface area contributed by atoms with Crippen molar-refractivity contribution in [2.24, 2.45) is 0 Å². The summed E-state index contributed by atoms with van der Waals surface area (Å²) < 4.78 is 7.40. The summed E-state index contributed by atoms with van der Waals surface area (Å²) in [4.78, 5) is 12.7. The monoisotopic (exact) mass is 631 g/mol. The average Bonchev–Trinajstić information content (AvgIpc) is 2.79. The van der Waals surface area contributed by atoms with Gasteiger partial charge < -0.3 is 10.1 Å². The molecule has 1 N–H and O–H groups in total. The van der Waals surface area contributed by atoms with Gasteiger partial charge in [-0.25, -0.2) is 0 Å². The first-order valence-corrected chi connectivity index (χ1v) is 11.9. The predicted octanol–water partition coefficient (Wildman–Crippen LogP) is 7.01. The fourth-order valence-corrected chi connectivity index (χ4v) is 4.88. The van der Waals surface area contributed by atoms with Gasteiger partial charge in [-0.05, 0) is 93.0 Å². The van der Waals surface area contributed by atoms with Crippen molar-refractivity contribution in [2.45, 2.75) is 13.5 Å². The Bertz CT molecular complexity index is 1320. The molecule has 0 spiro atoms. The molecule has 0 bridgehead atoms. The smallest absolute Gasteiger partial charge is 0.266 e. The van der Waals surface area contributed by atoms with E-state index in [2.05, 4.69) is 49.9 Å². The van der Waals surface area contributed by atoms with Gasteiger partial charge in [0.05, 0.1) is 19.7 Å². The third-order valence-corrected chi connectivity index (χ3v) is 6.28. The molecule has 0 heterocycles. The molecule has 33 heavy (non-hydrogen) atoms. The molecule has 0 atom stereocenters. The molecule has 3 rings (SSSR count). The van der Waals surface area contributed by atoms with Crippen LogP contribution < -0.4 is 10.1 Å². The van der Waals surface area contributed by atoms with E-state index >= 15 is 0 Å². The molecule has 0 unspecified atom stereocenters. The molecule has 8 heteroatoms. The number of benzene rings is 3. The van der Waals surface area contributed by atoms with E-state index in [0.29, 0.717) is 32.1 Å². The van der Waals surface area contributed by atoms with Crippen LogP contribution in [0.3, 0.4) is 0 Å². The van der Waals surface area contributed by atoms with E-state index in [9.17, 15) is 15.3 Å². The first-order chi connectivity index (χ1) is 15.8. The maximum atomic E-state index is 12.7. The lowest BCUT2D eigenvalue weighted by molar-refractivity contribution is -0.112. The second kappa shape index (κ2) is 11.3. The fourth-order valence-electron chi connectivity index (χ4n) is 2.94. The Kier molecular flexibility index (Phi) is 8.51. The number of carbonyl (C=O) groups is 1. The Morgan fingerprint density at radius 3 is 2.67 bits per heavy atom. The molecule has 0 fully saturated rings. The highest BCUT2D eigenvalue weighted by molar-refractivity contribution is 14.1. The Hall–Kier alpha value is -2.85. The Morgan fingerprint density at radius 1 is 1.21 bits per heavy atom. The van der Waals surface area contributed by atoms with E-state index < -0.39 is 5.91 Å². The standard InChI is InChI=1S/C25H16BrClIN3O2/c1-15-6-7-20(27)11-23(15)31-25(32)19(13-30)8-16-9-21(26)24(22(28)10-16)33-14-18-5-3-2-4-17(18)12-29/h2-11H,14H2,1H3,(H,31,32)/b19-8+. The van der Waals surface area contributed by atoms with Crippen molar-refractivity contribution in [1.29, 1.82) is 10.5 Å². The van der Waals surface area contributed by atoms with Crippen LogP contribution in [0.5, 0.6) is 5.75 Å². The first kappa shape index (κ1) is 24.8. The second-order valence-corrected chi connectivity index (χ2v) is 9.41. The lowest BCUT2D eigenvalue weighted by atomic mass is 10.1. The highest BCUT2D eigenvalue weighted by Gasteiger charge is 2.14. The maximum absolute atomic E-state index is 12.7. The molecule has 3 aromatic carbocycles. The summed E-state index contributed by atoms with van der Waals surface area (Å²) in [5, 5.41) is 22.0. The molecule has 0 aliphatic rings. The zero-order chi connectivity index (χ0) is 24.0. The lowest BCUT2D eigenvalue weighted by Gasteiger charge is -2.12. The summed E-state index contributed by atoms with van der Waals surface area (Å²) in [6.45, 7) is 2.08. The van der Waals surface area contributed by atoms with E-state index in [1.807, 2.05) is 31.2 Å². The van der Waals surface area contributed by atoms with Crippen LogP contribution in [-0.2, 0) is 11.4 Å². The number of nitrogens with zero attached hydrogens (tertiary/aromatic N) is 2. The maximum Gasteiger partial charge on any atom is 0.266 e. The molecule has 0 aliphatic carbocycles. The van der Waals surface area contributed by atoms with E-state index in [0.717, 1.165) is 14.7 Å². The van der Waals surface area contributed by atoms with Crippen LogP contribution >= 0.6 is 50.1 Å². The van der Waals surface area contributed by atoms with Crippen molar-refractivity contribution in [2.75, 3.05) is 5.32 Å². The number of nitrogens with one attached hydrogen (secondary N) is 1. The molecule has 0 aromatic heterocycles. The van der Waals surface area contributed by atoms with E-state index in [-0.39, 0.29) is 12.2 Å². The van der Waals surface area contributed by atoms with Crippen LogP contribution in [0.4, 0.5) is 5.69 Å². The second-order valence-electron chi connectivity index (χ2n) is 6.95. The zero-order valence-electron chi connectivity index (χ0n) is 17.3. The SMILES string of the molecule is Cc1ccc(Cl)cc1NC(=O)/C(C#N)=C/c1cc(Br)c(OCc2ccccc2C#N)c(I)c1. The largest absolute Gasteiger partial charge is 0.487 e. The lowest BCUT2D eigenvalue weighted by Crippen LogP contribution is -2.14. The molecular formula is C25H16BrClIN3O2. The van der Waals surface area contributed by atoms with Gasteiger partial charge in [0, 0.05) is 16.3 Å². The van der Waals surface area contributed by atoms with Gasteiger partial charge >= 0.3 is 0 Å². The fraction of sp³-hybridized carbons (Fsp3) is 0.0800. The molecule has 5 nitrogen and oxygen atoms in total. The highest BCUT2D eigenvalue weighted by atomic mass is 127. The Morgan fingerprint density at radius 2 is 1.97 bits per heavy atom. The number of hydrogen-bond acceptors (Lipinski definition) is 4. The van der Waals surface area contributed by atoms with E-state index in [1.165, 1.54) is 6.08 Å². The van der Waals surface area contributed by atoms with Crippen LogP contribution in [0.1, 0.15) is 22.3 Å². The van der Waals surface area contributed by atoms with Gasteiger partial charge in [0.2, 0.25) is 0 Å². The summed E-state index contributed by atoms with van der Waals surface area (Å²) in [7, 11) is 0. The number of anilines is 1. The normalized spacial score (nSPS) is 10.8. The van der Waals surface area contributed by atoms with Crippen molar-refractivity contribution < 1.29 is 9.53 Å². The number of aryl methyl sites for hydroxylation is 1. The van der Waals surface area contributed by atoms with Gasteiger partial charge in [0.1, 0.15) is 24.0 Å². The molecule has 0 saturated carbocycles. The molecule has 0 aliphatic heterocycles. The number of carbonyl (C=O) groups excluding carboxylic acids is 1. The first-order valence-electron chi connectivity index (χ1n) is 9.61. The predicted molar refractivity (Wildman–Crippen MR) is 141 cm³/mol. The number of amides is 1. The van der Waals surface area contributed by atoms with E-state index in [4.69, 9.17) is 16.3 Å². The minimum atomic E-state index is -0.526. The van der Waals surface area contributed by atoms with Gasteiger partial charge in [0.25, 0.3) is 5.91 Å². The quantitative estimate of drug-likeness (QED) is 0.180. The summed E-state index contributed by atoms with van der Waals surface area (Å²) in [6, 6.07) is 20.1. The van der Waals surface area contributed by atoms with E-state index in [1.54, 1.807) is 36.4 Å². The van der Waals surface area contributed by atoms with Gasteiger partial charge in [-0.1, -0.05) is 35.9 Å². The summed E-state index contributed by atoms with van der Waals surface area (Å²) >= 11 is 11.6. The van der Waals surface area contributed by atoms with Crippen molar-refractivity contribution in [3.05, 3.63) is 95.5 Å². The zero-order valence-corrected chi connectivity index (χ0v) is 21.8. The average molecular weight is 633 g/mol. The number of halogens is 3. The van der Waals surface area contributed by atoms with Crippen LogP contribution in [0.2, 0.25) is 5.02 Å². The van der Waals surface area contributed by atoms with Crippen LogP contribution in [0.25, 0.3) is 6.08 Å². The van der Waals surface area contributed by atoms with Crippen LogP contribution in [-0.4, -0.2) is 5.91 Å². The van der Waals surface area contributed by atoms with Crippen LogP contribution in [0, 0.1) is 33.2 Å². The van der Waals surface area contributed by atoms with Crippen molar-refractivity contribution in [3.63, 3.8) is 0 Å². The molecule has 164 valence electrons. The minimum Gasteiger partial charge on any atom is -0.487 e. The van der Waals surface area contributed by atoms with Gasteiger partial charge in [-0.15, -0.1) is 0 Å². The Labute approximate surface area is 218 Å². The topological polar surface area (TPSA) is 85.9 Å². The van der Waals surface area contributed by atoms with Gasteiger partial charge in [-0.3, -0.25) is 4.79 Å². The number of rotatable bonds is 6. The molecule has 0 radical (unpaired) electrons. The molecule has 0 saturated heterocycles. The number of nitriles is 2. The summed E-state index contributed by atoms with van der Waals surface area (Å²) in [5.74, 6) is 0.0837. The molecule has 1 amide bonds. The summed E-state index contributed by atoms with van der Waals surface area (Å²) in [6.07, 6.45) is 1.51. The third kappa shape index (κ3) is 6.35. The summed E-state index contributed by atoms with van der Waals surface area (Å²) in [5.41, 5.74) is 3.33. The number of ether oxygens (including phenoxy) is 1. The third-order valence-electron chi connectivity index (χ3n) is 4.65.